The number of nitrogens with zero attached hydrogens (tertiary/aromatic N) is 1. The van der Waals surface area contributed by atoms with Crippen molar-refractivity contribution in [2.75, 3.05) is 13.1 Å². The third-order valence-electron chi connectivity index (χ3n) is 5.50. The van der Waals surface area contributed by atoms with Gasteiger partial charge >= 0.3 is 0 Å². The minimum Gasteiger partial charge on any atom is -0.467 e. The summed E-state index contributed by atoms with van der Waals surface area (Å²) < 4.78 is 19.5. The van der Waals surface area contributed by atoms with E-state index in [1.807, 2.05) is 30.3 Å². The van der Waals surface area contributed by atoms with Crippen LogP contribution in [0.4, 0.5) is 4.39 Å². The number of likely N-dealkylation sites (tertiary alicyclic amines) is 1. The van der Waals surface area contributed by atoms with Crippen LogP contribution >= 0.6 is 0 Å². The second-order valence-electron chi connectivity index (χ2n) is 7.53. The molecule has 0 unspecified atom stereocenters. The second-order valence-corrected chi connectivity index (χ2v) is 7.53. The molecule has 1 aliphatic rings. The van der Waals surface area contributed by atoms with E-state index in [-0.39, 0.29) is 23.9 Å². The van der Waals surface area contributed by atoms with Crippen LogP contribution in [0.25, 0.3) is 0 Å². The van der Waals surface area contributed by atoms with Crippen molar-refractivity contribution in [3.63, 3.8) is 0 Å². The Labute approximate surface area is 174 Å². The highest BCUT2D eigenvalue weighted by Crippen LogP contribution is 2.31. The third kappa shape index (κ3) is 4.43. The van der Waals surface area contributed by atoms with Gasteiger partial charge in [-0.1, -0.05) is 42.5 Å². The van der Waals surface area contributed by atoms with Crippen molar-refractivity contribution in [2.45, 2.75) is 18.9 Å². The van der Waals surface area contributed by atoms with Crippen LogP contribution in [-0.2, 0) is 11.3 Å². The summed E-state index contributed by atoms with van der Waals surface area (Å²) in [5, 5.41) is 2.89. The molecule has 1 saturated heterocycles. The van der Waals surface area contributed by atoms with Crippen LogP contribution < -0.4 is 5.32 Å². The van der Waals surface area contributed by atoms with Crippen LogP contribution in [0.2, 0.25) is 0 Å². The van der Waals surface area contributed by atoms with Gasteiger partial charge in [-0.25, -0.2) is 4.39 Å². The van der Waals surface area contributed by atoms with E-state index in [0.717, 1.165) is 5.56 Å². The molecular weight excluding hydrogens is 383 g/mol. The lowest BCUT2D eigenvalue weighted by molar-refractivity contribution is -0.126. The lowest BCUT2D eigenvalue weighted by Crippen LogP contribution is -2.48. The second kappa shape index (κ2) is 8.95. The molecule has 6 heteroatoms. The highest BCUT2D eigenvalue weighted by atomic mass is 19.1. The number of carbonyl (C=O) groups is 2. The zero-order valence-electron chi connectivity index (χ0n) is 16.5. The van der Waals surface area contributed by atoms with Crippen LogP contribution in [0.1, 0.15) is 34.0 Å². The number of benzene rings is 2. The van der Waals surface area contributed by atoms with Crippen LogP contribution in [0.5, 0.6) is 0 Å². The number of nitrogens with one attached hydrogen (secondary N) is 1. The Morgan fingerprint density at radius 2 is 1.77 bits per heavy atom. The summed E-state index contributed by atoms with van der Waals surface area (Å²) in [6.07, 6.45) is 2.18. The summed E-state index contributed by atoms with van der Waals surface area (Å²) in [4.78, 5) is 27.5. The molecule has 2 atom stereocenters. The summed E-state index contributed by atoms with van der Waals surface area (Å²) in [6, 6.07) is 19.3. The summed E-state index contributed by atoms with van der Waals surface area (Å²) in [5.41, 5.74) is 1.09. The first-order valence-electron chi connectivity index (χ1n) is 10.0. The van der Waals surface area contributed by atoms with Crippen molar-refractivity contribution in [1.29, 1.82) is 0 Å². The fourth-order valence-electron chi connectivity index (χ4n) is 3.96. The van der Waals surface area contributed by atoms with E-state index in [9.17, 15) is 14.0 Å². The molecule has 1 aromatic heterocycles. The first-order chi connectivity index (χ1) is 14.6. The first kappa shape index (κ1) is 19.9. The van der Waals surface area contributed by atoms with Gasteiger partial charge in [0.05, 0.1) is 24.3 Å². The van der Waals surface area contributed by atoms with E-state index >= 15 is 0 Å². The fourth-order valence-corrected chi connectivity index (χ4v) is 3.96. The van der Waals surface area contributed by atoms with Gasteiger partial charge in [-0.05, 0) is 36.2 Å². The maximum atomic E-state index is 14.2. The maximum absolute atomic E-state index is 14.2. The van der Waals surface area contributed by atoms with Crippen molar-refractivity contribution in [3.05, 3.63) is 95.7 Å². The predicted molar refractivity (Wildman–Crippen MR) is 110 cm³/mol. The fraction of sp³-hybridized carbons (Fsp3) is 0.250. The normalized spacial score (nSPS) is 18.8. The van der Waals surface area contributed by atoms with Gasteiger partial charge in [0.15, 0.2) is 0 Å². The van der Waals surface area contributed by atoms with Gasteiger partial charge < -0.3 is 14.6 Å². The van der Waals surface area contributed by atoms with Crippen molar-refractivity contribution >= 4 is 11.8 Å². The van der Waals surface area contributed by atoms with Crippen molar-refractivity contribution < 1.29 is 18.4 Å². The number of amides is 2. The predicted octanol–water partition coefficient (Wildman–Crippen LogP) is 3.98. The summed E-state index contributed by atoms with van der Waals surface area (Å²) in [6.45, 7) is 0.985. The quantitative estimate of drug-likeness (QED) is 0.697. The highest BCUT2D eigenvalue weighted by Gasteiger charge is 2.35. The average molecular weight is 406 g/mol. The molecule has 0 bridgehead atoms. The van der Waals surface area contributed by atoms with Crippen LogP contribution in [0, 0.1) is 11.7 Å². The summed E-state index contributed by atoms with van der Waals surface area (Å²) >= 11 is 0. The SMILES string of the molecule is O=C(NCc1ccco1)[C@@H]1C[C@@H](c2ccccc2)CN(C(=O)c2ccccc2F)C1. The Morgan fingerprint density at radius 1 is 1.00 bits per heavy atom. The number of halogens is 1. The molecule has 2 amide bonds. The largest absolute Gasteiger partial charge is 0.467 e. The van der Waals surface area contributed by atoms with Crippen LogP contribution in [0.15, 0.2) is 77.4 Å². The standard InChI is InChI=1S/C24H23FN2O3/c25-22-11-5-4-10-21(22)24(29)27-15-18(17-7-2-1-3-8-17)13-19(16-27)23(28)26-14-20-9-6-12-30-20/h1-12,18-19H,13-16H2,(H,26,28)/t18-,19-/m1/s1. The lowest BCUT2D eigenvalue weighted by atomic mass is 9.83. The average Bonchev–Trinajstić information content (AvgIpc) is 3.31. The number of piperidine rings is 1. The van der Waals surface area contributed by atoms with Gasteiger partial charge in [0.2, 0.25) is 5.91 Å². The Balaban J connectivity index is 1.54. The van der Waals surface area contributed by atoms with Crippen LogP contribution in [0.3, 0.4) is 0 Å². The highest BCUT2D eigenvalue weighted by molar-refractivity contribution is 5.95. The zero-order valence-corrected chi connectivity index (χ0v) is 16.5. The molecular formula is C24H23FN2O3. The van der Waals surface area contributed by atoms with Crippen molar-refractivity contribution in [3.8, 4) is 0 Å². The molecule has 0 spiro atoms. The lowest BCUT2D eigenvalue weighted by Gasteiger charge is -2.37. The zero-order chi connectivity index (χ0) is 20.9. The number of hydrogen-bond donors (Lipinski definition) is 1. The van der Waals surface area contributed by atoms with E-state index in [0.29, 0.717) is 25.3 Å². The van der Waals surface area contributed by atoms with Crippen LogP contribution in [-0.4, -0.2) is 29.8 Å². The summed E-state index contributed by atoms with van der Waals surface area (Å²) in [7, 11) is 0. The van der Waals surface area contributed by atoms with Gasteiger partial charge in [-0.2, -0.15) is 0 Å². The molecule has 4 rings (SSSR count). The minimum atomic E-state index is -0.553. The molecule has 0 saturated carbocycles. The van der Waals surface area contributed by atoms with E-state index < -0.39 is 17.6 Å². The number of hydrogen-bond acceptors (Lipinski definition) is 3. The molecule has 5 nitrogen and oxygen atoms in total. The van der Waals surface area contributed by atoms with E-state index in [1.54, 1.807) is 35.4 Å². The number of rotatable bonds is 5. The molecule has 3 aromatic rings. The Hall–Kier alpha value is -3.41. The third-order valence-corrected chi connectivity index (χ3v) is 5.50. The van der Waals surface area contributed by atoms with Gasteiger partial charge in [-0.15, -0.1) is 0 Å². The molecule has 1 N–H and O–H groups in total. The smallest absolute Gasteiger partial charge is 0.256 e. The van der Waals surface area contributed by atoms with E-state index in [1.165, 1.54) is 12.1 Å². The van der Waals surface area contributed by atoms with Gasteiger partial charge in [0, 0.05) is 19.0 Å². The molecule has 2 heterocycles. The Kier molecular flexibility index (Phi) is 5.93. The molecule has 2 aromatic carbocycles. The van der Waals surface area contributed by atoms with E-state index in [2.05, 4.69) is 5.32 Å². The minimum absolute atomic E-state index is 0.00460. The van der Waals surface area contributed by atoms with Crippen molar-refractivity contribution in [1.82, 2.24) is 10.2 Å². The summed E-state index contributed by atoms with van der Waals surface area (Å²) in [5.74, 6) is -0.818. The molecule has 0 radical (unpaired) electrons. The molecule has 154 valence electrons. The van der Waals surface area contributed by atoms with Crippen molar-refractivity contribution in [2.24, 2.45) is 5.92 Å². The molecule has 0 aliphatic carbocycles. The van der Waals surface area contributed by atoms with E-state index in [4.69, 9.17) is 4.42 Å². The first-order valence-corrected chi connectivity index (χ1v) is 10.0. The van der Waals surface area contributed by atoms with Gasteiger partial charge in [-0.3, -0.25) is 9.59 Å². The Bertz CT molecular complexity index is 1000. The van der Waals surface area contributed by atoms with Gasteiger partial charge in [0.1, 0.15) is 11.6 Å². The molecule has 1 aliphatic heterocycles. The monoisotopic (exact) mass is 406 g/mol. The van der Waals surface area contributed by atoms with Gasteiger partial charge in [0.25, 0.3) is 5.91 Å². The topological polar surface area (TPSA) is 62.6 Å². The maximum Gasteiger partial charge on any atom is 0.256 e. The molecule has 1 fully saturated rings. The molecule has 30 heavy (non-hydrogen) atoms. The number of furan rings is 1. The number of carbonyl (C=O) groups excluding carboxylic acids is 2. The Morgan fingerprint density at radius 3 is 2.50 bits per heavy atom.